The van der Waals surface area contributed by atoms with E-state index in [1.54, 1.807) is 19.4 Å². The van der Waals surface area contributed by atoms with Gasteiger partial charge in [-0.2, -0.15) is 9.97 Å². The number of carbonyl (C=O) groups is 1. The highest BCUT2D eigenvalue weighted by atomic mass is 19.1. The zero-order valence-electron chi connectivity index (χ0n) is 32.6. The van der Waals surface area contributed by atoms with Crippen LogP contribution in [0.1, 0.15) is 72.3 Å². The van der Waals surface area contributed by atoms with E-state index in [-0.39, 0.29) is 47.7 Å². The summed E-state index contributed by atoms with van der Waals surface area (Å²) in [6.07, 6.45) is 12.0. The number of benzene rings is 2. The lowest BCUT2D eigenvalue weighted by molar-refractivity contribution is 0.0122. The Morgan fingerprint density at radius 3 is 2.60 bits per heavy atom. The van der Waals surface area contributed by atoms with Gasteiger partial charge in [-0.1, -0.05) is 29.2 Å². The second kappa shape index (κ2) is 14.3. The monoisotopic (exact) mass is 748 g/mol. The number of allylic oxidation sites excluding steroid dienone is 1. The lowest BCUT2D eigenvalue weighted by Gasteiger charge is -2.42. The van der Waals surface area contributed by atoms with E-state index in [0.29, 0.717) is 53.2 Å². The summed E-state index contributed by atoms with van der Waals surface area (Å²) in [6, 6.07) is 9.12. The fourth-order valence-electron chi connectivity index (χ4n) is 8.99. The molecule has 0 aliphatic carbocycles. The van der Waals surface area contributed by atoms with Crippen LogP contribution in [-0.4, -0.2) is 101 Å². The number of terminal acetylenes is 1. The van der Waals surface area contributed by atoms with Gasteiger partial charge in [0.1, 0.15) is 35.0 Å². The average Bonchev–Trinajstić information content (AvgIpc) is 3.80. The van der Waals surface area contributed by atoms with Crippen LogP contribution >= 0.6 is 0 Å². The van der Waals surface area contributed by atoms with E-state index in [0.717, 1.165) is 50.6 Å². The first-order valence-corrected chi connectivity index (χ1v) is 19.2. The number of nitrogens with zero attached hydrogens (tertiary/aromatic N) is 6. The Morgan fingerprint density at radius 1 is 1.11 bits per heavy atom. The first kappa shape index (κ1) is 37.0. The highest BCUT2D eigenvalue weighted by Gasteiger charge is 2.48. The maximum Gasteiger partial charge on any atom is 0.410 e. The summed E-state index contributed by atoms with van der Waals surface area (Å²) in [7, 11) is 1.54. The van der Waals surface area contributed by atoms with Gasteiger partial charge in [0.25, 0.3) is 0 Å². The molecular weight excluding hydrogens is 700 g/mol. The van der Waals surface area contributed by atoms with Crippen LogP contribution in [0.25, 0.3) is 32.9 Å². The van der Waals surface area contributed by atoms with Crippen molar-refractivity contribution in [1.29, 1.82) is 0 Å². The minimum Gasteiger partial charge on any atom is -0.468 e. The van der Waals surface area contributed by atoms with Crippen LogP contribution in [0.3, 0.4) is 0 Å². The third-order valence-corrected chi connectivity index (χ3v) is 11.6. The zero-order valence-corrected chi connectivity index (χ0v) is 32.6. The molecule has 288 valence electrons. The van der Waals surface area contributed by atoms with Crippen molar-refractivity contribution in [3.05, 3.63) is 59.1 Å². The van der Waals surface area contributed by atoms with Crippen molar-refractivity contribution in [2.45, 2.75) is 89.9 Å². The van der Waals surface area contributed by atoms with Gasteiger partial charge in [0, 0.05) is 49.5 Å². The van der Waals surface area contributed by atoms with E-state index in [2.05, 4.69) is 29.6 Å². The average molecular weight is 749 g/mol. The van der Waals surface area contributed by atoms with Gasteiger partial charge in [-0.25, -0.2) is 9.18 Å². The van der Waals surface area contributed by atoms with Gasteiger partial charge in [-0.3, -0.25) is 14.8 Å². The summed E-state index contributed by atoms with van der Waals surface area (Å²) >= 11 is 0. The molecule has 4 aliphatic heterocycles. The molecule has 0 N–H and O–H groups in total. The number of piperazine rings is 1. The number of methoxy groups -OCH3 is 1. The fourth-order valence-corrected chi connectivity index (χ4v) is 8.99. The number of pyridine rings is 1. The predicted octanol–water partition coefficient (Wildman–Crippen LogP) is 7.49. The topological polar surface area (TPSA) is 102 Å². The van der Waals surface area contributed by atoms with Gasteiger partial charge in [-0.05, 0) is 96.9 Å². The van der Waals surface area contributed by atoms with E-state index in [1.807, 2.05) is 49.9 Å². The molecular formula is C43H49FN6O5. The Bertz CT molecular complexity index is 2230. The van der Waals surface area contributed by atoms with Crippen LogP contribution in [0.5, 0.6) is 11.8 Å². The highest BCUT2D eigenvalue weighted by Crippen LogP contribution is 2.44. The molecule has 0 spiro atoms. The summed E-state index contributed by atoms with van der Waals surface area (Å²) in [6.45, 7) is 13.3. The molecule has 1 amide bonds. The van der Waals surface area contributed by atoms with Gasteiger partial charge in [-0.15, -0.1) is 6.42 Å². The van der Waals surface area contributed by atoms with Crippen molar-refractivity contribution in [3.8, 4) is 35.4 Å². The number of ether oxygens (including phenoxy) is 4. The molecule has 4 saturated heterocycles. The Hall–Kier alpha value is -4.99. The molecule has 3 unspecified atom stereocenters. The summed E-state index contributed by atoms with van der Waals surface area (Å²) in [4.78, 5) is 34.4. The SMILES string of the molecule is C#Cc1cccc2cc(OCOC)cc(-c3ncc4c(N5CC6CCC(C5)N6C(=O)OC(C)(C)C)nc(OCC56CCCN5CC(=C(C)C)C6)nc4c3F)c12. The molecule has 2 aromatic heterocycles. The second-order valence-corrected chi connectivity index (χ2v) is 16.6. The molecule has 12 heteroatoms. The Kier molecular flexibility index (Phi) is 9.58. The van der Waals surface area contributed by atoms with Crippen molar-refractivity contribution in [3.63, 3.8) is 0 Å². The summed E-state index contributed by atoms with van der Waals surface area (Å²) in [5.41, 5.74) is 3.28. The quantitative estimate of drug-likeness (QED) is 0.102. The normalized spacial score (nSPS) is 22.3. The number of amides is 1. The van der Waals surface area contributed by atoms with Crippen molar-refractivity contribution in [2.75, 3.05) is 51.6 Å². The molecule has 55 heavy (non-hydrogen) atoms. The number of carbonyl (C=O) groups excluding carboxylic acids is 1. The lowest BCUT2D eigenvalue weighted by atomic mass is 9.92. The van der Waals surface area contributed by atoms with E-state index in [9.17, 15) is 4.79 Å². The minimum absolute atomic E-state index is 0.0158. The number of aromatic nitrogens is 3. The molecule has 3 atom stereocenters. The van der Waals surface area contributed by atoms with E-state index in [1.165, 1.54) is 11.1 Å². The first-order chi connectivity index (χ1) is 26.4. The van der Waals surface area contributed by atoms with Crippen LogP contribution in [0, 0.1) is 18.2 Å². The fraction of sp³-hybridized carbons (Fsp3) is 0.488. The van der Waals surface area contributed by atoms with Crippen LogP contribution in [0.15, 0.2) is 47.7 Å². The number of hydrogen-bond donors (Lipinski definition) is 0. The lowest BCUT2D eigenvalue weighted by Crippen LogP contribution is -2.57. The molecule has 0 saturated carbocycles. The number of anilines is 1. The van der Waals surface area contributed by atoms with Gasteiger partial charge >= 0.3 is 12.1 Å². The molecule has 11 nitrogen and oxygen atoms in total. The molecule has 2 aromatic carbocycles. The molecule has 4 aromatic rings. The largest absolute Gasteiger partial charge is 0.468 e. The highest BCUT2D eigenvalue weighted by molar-refractivity contribution is 6.03. The maximum absolute atomic E-state index is 17.4. The van der Waals surface area contributed by atoms with E-state index >= 15 is 4.39 Å². The predicted molar refractivity (Wildman–Crippen MR) is 210 cm³/mol. The molecule has 0 radical (unpaired) electrons. The van der Waals surface area contributed by atoms with Crippen LogP contribution in [0.4, 0.5) is 15.0 Å². The molecule has 6 heterocycles. The molecule has 4 aliphatic rings. The van der Waals surface area contributed by atoms with Gasteiger partial charge < -0.3 is 23.8 Å². The second-order valence-electron chi connectivity index (χ2n) is 16.6. The molecule has 4 fully saturated rings. The number of fused-ring (bicyclic) bond motifs is 5. The summed E-state index contributed by atoms with van der Waals surface area (Å²) < 4.78 is 40.8. The van der Waals surface area contributed by atoms with Crippen molar-refractivity contribution in [1.82, 2.24) is 24.8 Å². The molecule has 8 rings (SSSR count). The Morgan fingerprint density at radius 2 is 1.89 bits per heavy atom. The van der Waals surface area contributed by atoms with Crippen LogP contribution in [-0.2, 0) is 9.47 Å². The minimum atomic E-state index is -0.619. The van der Waals surface area contributed by atoms with Gasteiger partial charge in [0.2, 0.25) is 0 Å². The first-order valence-electron chi connectivity index (χ1n) is 19.2. The molecule has 2 bridgehead atoms. The van der Waals surface area contributed by atoms with Gasteiger partial charge in [0.05, 0.1) is 23.0 Å². The number of halogens is 1. The Labute approximate surface area is 321 Å². The van der Waals surface area contributed by atoms with E-state index in [4.69, 9.17) is 40.3 Å². The van der Waals surface area contributed by atoms with Crippen LogP contribution < -0.4 is 14.4 Å². The van der Waals surface area contributed by atoms with Crippen molar-refractivity contribution >= 4 is 33.6 Å². The zero-order chi connectivity index (χ0) is 38.6. The summed E-state index contributed by atoms with van der Waals surface area (Å²) in [5.74, 6) is 3.15. The third-order valence-electron chi connectivity index (χ3n) is 11.6. The van der Waals surface area contributed by atoms with E-state index < -0.39 is 11.4 Å². The smallest absolute Gasteiger partial charge is 0.410 e. The maximum atomic E-state index is 17.4. The van der Waals surface area contributed by atoms with Gasteiger partial charge in [0.15, 0.2) is 12.6 Å². The standard InChI is InChI=1S/C43H49FN6O5/c1-8-27-11-9-12-28-17-32(54-25-52-7)18-33(35(27)28)37-36(44)38-34(20-45-37)39(48-22-30-13-14-31(23-48)50(30)41(51)55-42(4,5)6)47-40(46-38)53-24-43-15-10-16-49(43)21-29(19-43)26(2)3/h1,9,11-12,17-18,20,30-31H,10,13-16,19,21-25H2,2-7H3. The third kappa shape index (κ3) is 6.82. The summed E-state index contributed by atoms with van der Waals surface area (Å²) in [5, 5.41) is 1.91. The Balaban J connectivity index is 1.23. The number of hydrogen-bond acceptors (Lipinski definition) is 10. The van der Waals surface area contributed by atoms with Crippen molar-refractivity contribution < 1.29 is 28.1 Å². The number of rotatable bonds is 8. The van der Waals surface area contributed by atoms with Crippen molar-refractivity contribution in [2.24, 2.45) is 0 Å². The van der Waals surface area contributed by atoms with Crippen LogP contribution in [0.2, 0.25) is 0 Å².